The first-order valence-electron chi connectivity index (χ1n) is 33.2. The minimum atomic E-state index is -1.37. The van der Waals surface area contributed by atoms with Gasteiger partial charge in [-0.05, 0) is 163 Å². The summed E-state index contributed by atoms with van der Waals surface area (Å²) >= 11 is 7.93. The van der Waals surface area contributed by atoms with Gasteiger partial charge in [0.25, 0.3) is 22.2 Å². The van der Waals surface area contributed by atoms with Gasteiger partial charge >= 0.3 is 0 Å². The van der Waals surface area contributed by atoms with Crippen molar-refractivity contribution in [1.29, 1.82) is 0 Å². The first kappa shape index (κ1) is 86.5. The number of ether oxygens (including phenoxy) is 3. The Balaban J connectivity index is 0.000000172. The number of nitrogens with zero attached hydrogens (tertiary/aromatic N) is 8. The smallest absolute Gasteiger partial charge is 0.253 e. The topological polar surface area (TPSA) is 393 Å². The molecule has 0 saturated carbocycles. The van der Waals surface area contributed by atoms with E-state index in [1.54, 1.807) is 57.0 Å². The summed E-state index contributed by atoms with van der Waals surface area (Å²) in [4.78, 5) is 102. The normalized spacial score (nSPS) is 12.0. The highest BCUT2D eigenvalue weighted by Gasteiger charge is 2.25. The number of fused-ring (bicyclic) bond motifs is 4. The van der Waals surface area contributed by atoms with Crippen LogP contribution in [-0.4, -0.2) is 131 Å². The first-order chi connectivity index (χ1) is 53.0. The maximum absolute atomic E-state index is 14.4. The van der Waals surface area contributed by atoms with Gasteiger partial charge in [0.05, 0.1) is 112 Å². The summed E-state index contributed by atoms with van der Waals surface area (Å²) in [6, 6.07) is 23.3. The second-order valence-electron chi connectivity index (χ2n) is 25.0. The molecule has 0 aliphatic carbocycles. The minimum absolute atomic E-state index is 0.0164. The molecule has 0 saturated heterocycles. The lowest BCUT2D eigenvalue weighted by Crippen LogP contribution is -2.26. The molecule has 4 aromatic carbocycles. The van der Waals surface area contributed by atoms with E-state index in [1.165, 1.54) is 158 Å². The number of aryl methyl sites for hydroxylation is 5. The Hall–Kier alpha value is -9.52. The molecule has 12 rings (SSSR count). The number of aliphatic hydroxyl groups excluding tert-OH is 7. The van der Waals surface area contributed by atoms with Crippen LogP contribution in [0.25, 0.3) is 43.7 Å². The zero-order valence-electron chi connectivity index (χ0n) is 60.5. The van der Waals surface area contributed by atoms with Crippen LogP contribution in [0.2, 0.25) is 0 Å². The predicted molar refractivity (Wildman–Crippen MR) is 449 cm³/mol. The Morgan fingerprint density at radius 3 is 1.04 bits per heavy atom. The largest absolute Gasteiger partial charge is 0.486 e. The number of anilines is 8. The lowest BCUT2D eigenvalue weighted by Gasteiger charge is -2.18. The van der Waals surface area contributed by atoms with E-state index in [0.29, 0.717) is 32.9 Å². The molecule has 30 nitrogen and oxygen atoms in total. The molecule has 11 N–H and O–H groups in total. The van der Waals surface area contributed by atoms with Gasteiger partial charge in [-0.25, -0.2) is 17.6 Å². The molecular weight excluding hydrogens is 1930 g/mol. The quantitative estimate of drug-likeness (QED) is 0.0261. The van der Waals surface area contributed by atoms with Crippen molar-refractivity contribution in [3.05, 3.63) is 247 Å². The van der Waals surface area contributed by atoms with Gasteiger partial charge in [-0.3, -0.25) is 56.6 Å². The van der Waals surface area contributed by atoms with Crippen molar-refractivity contribution in [2.24, 2.45) is 56.4 Å². The van der Waals surface area contributed by atoms with Gasteiger partial charge in [0.15, 0.2) is 22.7 Å². The second-order valence-corrected chi connectivity index (χ2v) is 30.0. The molecule has 8 heterocycles. The molecule has 592 valence electrons. The zero-order valence-corrected chi connectivity index (χ0v) is 69.1. The standard InChI is InChI=1S/2C19H19FIN3O5.2C18H17FIN3O4/c1-23-7-15(29-9-11(26)8-25)18(28)17-14(23)6-16(27)24(2)19(17)22-13-4-3-10(21)5-12(13)20;1-23-7-15(29-9-11(26)8-25)18(28)17-14(6-16(27)24(2)19(17)23)22-13-4-3-10(21)5-12(13)20;1-22-7-10(14(25)8-24)17(27)16-13(22)6-15(26)23(2)18(16)21-12-4-3-9(20)5-11(12)19;1-22-9-14(27-6-5-24)17(26)16-13(22)8-15(25)23(2)18(16)21-12-4-3-10(20)7-11(12)19/h2*3-7,11,22,25-26H,8-9H2,1-2H3;3-7,14,21,24-25H,8H2,1-2H3;3-4,7-9,21,24H,5-6H2,1-2H3/t2*11-;14-;/m111./s1. The van der Waals surface area contributed by atoms with E-state index >= 15 is 0 Å². The molecule has 3 atom stereocenters. The average molecular weight is 2000 g/mol. The molecule has 0 aliphatic rings. The van der Waals surface area contributed by atoms with E-state index in [2.05, 4.69) is 21.3 Å². The summed E-state index contributed by atoms with van der Waals surface area (Å²) in [5.74, 6) is -1.83. The number of hydrogen-bond acceptors (Lipinski definition) is 22. The molecule has 0 amide bonds. The van der Waals surface area contributed by atoms with E-state index < -0.39 is 83.1 Å². The van der Waals surface area contributed by atoms with Crippen LogP contribution in [0.4, 0.5) is 63.5 Å². The predicted octanol–water partition coefficient (Wildman–Crippen LogP) is 6.76. The van der Waals surface area contributed by atoms with Crippen LogP contribution >= 0.6 is 90.4 Å². The lowest BCUT2D eigenvalue weighted by atomic mass is 10.1. The van der Waals surface area contributed by atoms with Gasteiger partial charge < -0.3 is 89.5 Å². The molecule has 0 fully saturated rings. The van der Waals surface area contributed by atoms with Crippen LogP contribution in [-0.2, 0) is 56.4 Å². The Bertz CT molecular complexity index is 6120. The third kappa shape index (κ3) is 19.4. The van der Waals surface area contributed by atoms with Crippen LogP contribution in [0, 0.1) is 37.5 Å². The Kier molecular flexibility index (Phi) is 28.9. The van der Waals surface area contributed by atoms with Crippen molar-refractivity contribution < 1.29 is 67.5 Å². The summed E-state index contributed by atoms with van der Waals surface area (Å²) in [7, 11) is 12.5. The molecule has 38 heteroatoms. The molecular formula is C74H72F4I4N12O18. The first-order valence-corrected chi connectivity index (χ1v) is 37.5. The molecule has 12 aromatic rings. The van der Waals surface area contributed by atoms with Crippen molar-refractivity contribution in [2.45, 2.75) is 18.3 Å². The monoisotopic (exact) mass is 2000 g/mol. The van der Waals surface area contributed by atoms with Crippen molar-refractivity contribution in [2.75, 3.05) is 67.5 Å². The third-order valence-corrected chi connectivity index (χ3v) is 19.8. The highest BCUT2D eigenvalue weighted by atomic mass is 127. The van der Waals surface area contributed by atoms with Crippen LogP contribution in [0.1, 0.15) is 11.7 Å². The van der Waals surface area contributed by atoms with Crippen LogP contribution in [0.5, 0.6) is 17.2 Å². The SMILES string of the molecule is Cn1c(Nc2ccc(I)cc2F)c2c(=O)c(OCCO)cn(C)c2cc1=O.Cn1c(Nc2ccc(I)cc2F)c2c(=O)c(OC[C@H](O)CO)cn(C)c2cc1=O.Cn1c(Nc2ccc(I)cc2F)c2c(=O)c([C@H](O)CO)cn(C)c2cc1=O.Cn1cc(OC[C@H](O)CO)c(=O)c2c(Nc3ccc(I)cc3F)cc(=O)n(C)c21. The maximum Gasteiger partial charge on any atom is 0.253 e. The number of benzene rings is 4. The number of halogens is 8. The molecule has 0 spiro atoms. The fraction of sp³-hybridized carbons (Fsp3) is 0.243. The molecule has 8 aromatic heterocycles. The highest BCUT2D eigenvalue weighted by Crippen LogP contribution is 2.32. The fourth-order valence-electron chi connectivity index (χ4n) is 11.3. The summed E-state index contributed by atoms with van der Waals surface area (Å²) in [5, 5.41) is 76.9. The Morgan fingerprint density at radius 2 is 0.696 bits per heavy atom. The Morgan fingerprint density at radius 1 is 0.375 bits per heavy atom. The van der Waals surface area contributed by atoms with Gasteiger partial charge in [0.2, 0.25) is 16.3 Å². The Labute approximate surface area is 685 Å². The average Bonchev–Trinajstić information content (AvgIpc) is 0.793. The number of aliphatic hydroxyl groups is 7. The van der Waals surface area contributed by atoms with Gasteiger partial charge in [-0.2, -0.15) is 0 Å². The van der Waals surface area contributed by atoms with Gasteiger partial charge in [0, 0.05) is 107 Å². The molecule has 0 bridgehead atoms. The molecule has 0 radical (unpaired) electrons. The fourth-order valence-corrected chi connectivity index (χ4v) is 13.2. The second kappa shape index (κ2) is 37.4. The van der Waals surface area contributed by atoms with E-state index in [-0.39, 0.29) is 139 Å². The lowest BCUT2D eigenvalue weighted by molar-refractivity contribution is 0.0531. The third-order valence-electron chi connectivity index (χ3n) is 17.2. The van der Waals surface area contributed by atoms with E-state index in [0.717, 1.165) is 3.57 Å². The summed E-state index contributed by atoms with van der Waals surface area (Å²) in [6.07, 6.45) is 1.96. The van der Waals surface area contributed by atoms with Crippen molar-refractivity contribution in [3.8, 4) is 17.2 Å². The molecule has 112 heavy (non-hydrogen) atoms. The summed E-state index contributed by atoms with van der Waals surface area (Å²) in [6.45, 7) is -2.49. The van der Waals surface area contributed by atoms with E-state index in [4.69, 9.17) is 29.5 Å². The number of pyridine rings is 8. The van der Waals surface area contributed by atoms with Gasteiger partial charge in [-0.15, -0.1) is 0 Å². The van der Waals surface area contributed by atoms with Gasteiger partial charge in [-0.1, -0.05) is 0 Å². The number of aromatic nitrogens is 8. The van der Waals surface area contributed by atoms with E-state index in [1.807, 2.05) is 90.4 Å². The van der Waals surface area contributed by atoms with Gasteiger partial charge in [0.1, 0.15) is 84.5 Å². The minimum Gasteiger partial charge on any atom is -0.486 e. The maximum atomic E-state index is 14.4. The number of rotatable bonds is 21. The molecule has 0 unspecified atom stereocenters. The number of hydrogen-bond donors (Lipinski definition) is 11. The summed E-state index contributed by atoms with van der Waals surface area (Å²) in [5.41, 5.74) is -1.64. The number of nitrogens with one attached hydrogen (secondary N) is 4. The van der Waals surface area contributed by atoms with Crippen LogP contribution in [0.15, 0.2) is 160 Å². The van der Waals surface area contributed by atoms with E-state index in [9.17, 15) is 76.3 Å². The zero-order chi connectivity index (χ0) is 82.2. The van der Waals surface area contributed by atoms with Crippen LogP contribution in [0.3, 0.4) is 0 Å². The summed E-state index contributed by atoms with van der Waals surface area (Å²) < 4.78 is 87.3. The van der Waals surface area contributed by atoms with Crippen LogP contribution < -0.4 is 79.4 Å². The van der Waals surface area contributed by atoms with Crippen molar-refractivity contribution in [1.82, 2.24) is 36.5 Å². The highest BCUT2D eigenvalue weighted by molar-refractivity contribution is 14.1. The molecule has 0 aliphatic heterocycles. The van der Waals surface area contributed by atoms with Crippen molar-refractivity contribution in [3.63, 3.8) is 0 Å². The van der Waals surface area contributed by atoms with Crippen molar-refractivity contribution >= 4 is 180 Å².